The van der Waals surface area contributed by atoms with E-state index in [9.17, 15) is 24.1 Å². The second-order valence-electron chi connectivity index (χ2n) is 13.1. The number of nitroso groups, excluding NO2 is 1. The third-order valence-corrected chi connectivity index (χ3v) is 7.43. The first kappa shape index (κ1) is 37.1. The molecule has 0 radical (unpaired) electrons. The number of benzene rings is 3. The van der Waals surface area contributed by atoms with Crippen molar-refractivity contribution in [3.8, 4) is 11.4 Å². The number of carbonyl (C=O) groups excluding carboxylic acids is 4. The predicted octanol–water partition coefficient (Wildman–Crippen LogP) is 5.57. The van der Waals surface area contributed by atoms with E-state index in [2.05, 4.69) is 26.1 Å². The summed E-state index contributed by atoms with van der Waals surface area (Å²) in [6, 6.07) is 26.0. The molecule has 0 aliphatic heterocycles. The lowest BCUT2D eigenvalue weighted by atomic mass is 9.98. The molecule has 1 heterocycles. The van der Waals surface area contributed by atoms with Crippen molar-refractivity contribution in [3.63, 3.8) is 0 Å². The minimum Gasteiger partial charge on any atom is -0.444 e. The van der Waals surface area contributed by atoms with Gasteiger partial charge in [-0.2, -0.15) is 0 Å². The van der Waals surface area contributed by atoms with E-state index >= 15 is 0 Å². The highest BCUT2D eigenvalue weighted by atomic mass is 16.6. The Bertz CT molecular complexity index is 1770. The lowest BCUT2D eigenvalue weighted by Gasteiger charge is -2.29. The van der Waals surface area contributed by atoms with Gasteiger partial charge in [0.15, 0.2) is 5.82 Å². The second-order valence-corrected chi connectivity index (χ2v) is 13.1. The molecule has 0 fully saturated rings. The molecule has 3 aromatic carbocycles. The second kappa shape index (κ2) is 16.6. The average molecular weight is 683 g/mol. The molecule has 3 N–H and O–H groups in total. The number of ether oxygens (including phenoxy) is 2. The summed E-state index contributed by atoms with van der Waals surface area (Å²) in [5.41, 5.74) is -0.101. The van der Waals surface area contributed by atoms with Gasteiger partial charge in [0.05, 0.1) is 19.1 Å². The Kier molecular flexibility index (Phi) is 12.3. The molecule has 0 aliphatic carbocycles. The maximum absolute atomic E-state index is 13.8. The molecule has 0 aliphatic rings. The molecule has 1 unspecified atom stereocenters. The van der Waals surface area contributed by atoms with Gasteiger partial charge < -0.3 is 30.0 Å². The van der Waals surface area contributed by atoms with E-state index in [1.807, 2.05) is 60.7 Å². The van der Waals surface area contributed by atoms with Crippen LogP contribution in [0.2, 0.25) is 0 Å². The quantitative estimate of drug-likeness (QED) is 0.145. The topological polar surface area (TPSA) is 170 Å². The van der Waals surface area contributed by atoms with Crippen LogP contribution < -0.4 is 16.0 Å². The van der Waals surface area contributed by atoms with Crippen LogP contribution in [0.5, 0.6) is 0 Å². The van der Waals surface area contributed by atoms with Gasteiger partial charge in [-0.05, 0) is 45.7 Å². The first-order valence-electron chi connectivity index (χ1n) is 16.0. The van der Waals surface area contributed by atoms with Crippen molar-refractivity contribution in [2.75, 3.05) is 11.9 Å². The number of nitrogens with one attached hydrogen (secondary N) is 3. The van der Waals surface area contributed by atoms with Crippen LogP contribution in [0, 0.1) is 4.91 Å². The van der Waals surface area contributed by atoms with Crippen molar-refractivity contribution >= 4 is 29.6 Å². The van der Waals surface area contributed by atoms with Crippen molar-refractivity contribution in [2.45, 2.75) is 70.9 Å². The van der Waals surface area contributed by atoms with Crippen molar-refractivity contribution < 1.29 is 28.7 Å². The summed E-state index contributed by atoms with van der Waals surface area (Å²) in [5, 5.41) is 10.7. The molecule has 4 aromatic rings. The van der Waals surface area contributed by atoms with Gasteiger partial charge in [-0.1, -0.05) is 91.0 Å². The summed E-state index contributed by atoms with van der Waals surface area (Å²) in [4.78, 5) is 68.5. The molecule has 13 nitrogen and oxygen atoms in total. The van der Waals surface area contributed by atoms with Crippen LogP contribution in [0.3, 0.4) is 0 Å². The molecule has 262 valence electrons. The Morgan fingerprint density at radius 1 is 0.860 bits per heavy atom. The highest BCUT2D eigenvalue weighted by Gasteiger charge is 2.35. The van der Waals surface area contributed by atoms with Gasteiger partial charge in [0, 0.05) is 23.5 Å². The summed E-state index contributed by atoms with van der Waals surface area (Å²) in [6.07, 6.45) is 0.751. The number of hydrogen-bond acceptors (Lipinski definition) is 8. The molecule has 0 saturated carbocycles. The lowest BCUT2D eigenvalue weighted by molar-refractivity contribution is -0.131. The largest absolute Gasteiger partial charge is 0.444 e. The number of alkyl carbamates (subject to hydrolysis) is 1. The summed E-state index contributed by atoms with van der Waals surface area (Å²) in [7, 11) is 0. The number of anilines is 1. The third kappa shape index (κ3) is 10.7. The summed E-state index contributed by atoms with van der Waals surface area (Å²) >= 11 is 0. The standard InChI is InChI=1S/C37H42N6O7/c1-36(2,3)50-35(47)41-37(4,5)34(46)38-29(24-49-23-25-15-9-6-10-16-25)33(45)40-30-22-43(31(39-30)27-19-13-8-14-20-27)21-28(32(44)42-48)26-17-11-7-12-18-26/h6-20,22,28-29H,21,23-24H2,1-5H3,(H,38,46)(H,40,45)(H,41,47)/t28?,29-/m1/s1. The normalized spacial score (nSPS) is 12.7. The van der Waals surface area contributed by atoms with Crippen LogP contribution in [0.1, 0.15) is 51.7 Å². The summed E-state index contributed by atoms with van der Waals surface area (Å²) in [5.74, 6) is -2.52. The number of hydrogen-bond donors (Lipinski definition) is 3. The predicted molar refractivity (Wildman–Crippen MR) is 188 cm³/mol. The molecule has 0 bridgehead atoms. The van der Waals surface area contributed by atoms with Gasteiger partial charge >= 0.3 is 6.09 Å². The van der Waals surface area contributed by atoms with E-state index < -0.39 is 46.9 Å². The molecule has 50 heavy (non-hydrogen) atoms. The lowest BCUT2D eigenvalue weighted by Crippen LogP contribution is -2.59. The first-order chi connectivity index (χ1) is 23.8. The van der Waals surface area contributed by atoms with Crippen LogP contribution in [0.25, 0.3) is 11.4 Å². The number of aromatic nitrogens is 2. The maximum Gasteiger partial charge on any atom is 0.408 e. The Morgan fingerprint density at radius 2 is 1.46 bits per heavy atom. The Hall–Kier alpha value is -5.69. The third-order valence-electron chi connectivity index (χ3n) is 7.43. The Morgan fingerprint density at radius 3 is 2.06 bits per heavy atom. The number of nitrogens with zero attached hydrogens (tertiary/aromatic N) is 3. The molecule has 2 atom stereocenters. The van der Waals surface area contributed by atoms with Crippen molar-refractivity contribution in [1.29, 1.82) is 0 Å². The Labute approximate surface area is 290 Å². The molecule has 0 spiro atoms. The Balaban J connectivity index is 1.60. The van der Waals surface area contributed by atoms with Crippen LogP contribution in [-0.4, -0.2) is 57.2 Å². The fraction of sp³-hybridized carbons (Fsp3) is 0.324. The van der Waals surface area contributed by atoms with Gasteiger partial charge in [0.25, 0.3) is 11.8 Å². The molecule has 0 saturated heterocycles. The van der Waals surface area contributed by atoms with Gasteiger partial charge in [-0.3, -0.25) is 14.4 Å². The van der Waals surface area contributed by atoms with Gasteiger partial charge in [-0.25, -0.2) is 9.78 Å². The van der Waals surface area contributed by atoms with Crippen LogP contribution >= 0.6 is 0 Å². The van der Waals surface area contributed by atoms with Crippen LogP contribution in [-0.2, 0) is 37.0 Å². The van der Waals surface area contributed by atoms with E-state index in [0.717, 1.165) is 5.56 Å². The fourth-order valence-electron chi connectivity index (χ4n) is 4.92. The molecule has 13 heteroatoms. The van der Waals surface area contributed by atoms with Crippen molar-refractivity contribution in [2.24, 2.45) is 5.18 Å². The van der Waals surface area contributed by atoms with Gasteiger partial charge in [-0.15, -0.1) is 4.91 Å². The molecule has 4 rings (SSSR count). The molecular formula is C37H42N6O7. The van der Waals surface area contributed by atoms with E-state index in [1.54, 1.807) is 61.9 Å². The van der Waals surface area contributed by atoms with Crippen LogP contribution in [0.4, 0.5) is 10.6 Å². The maximum atomic E-state index is 13.8. The smallest absolute Gasteiger partial charge is 0.408 e. The average Bonchev–Trinajstić information content (AvgIpc) is 3.48. The fourth-order valence-corrected chi connectivity index (χ4v) is 4.92. The monoisotopic (exact) mass is 682 g/mol. The van der Waals surface area contributed by atoms with Gasteiger partial charge in [0.1, 0.15) is 23.0 Å². The highest BCUT2D eigenvalue weighted by molar-refractivity contribution is 5.99. The minimum absolute atomic E-state index is 0.00651. The summed E-state index contributed by atoms with van der Waals surface area (Å²) < 4.78 is 12.8. The number of rotatable bonds is 14. The first-order valence-corrected chi connectivity index (χ1v) is 16.0. The van der Waals surface area contributed by atoms with E-state index in [4.69, 9.17) is 9.47 Å². The summed E-state index contributed by atoms with van der Waals surface area (Å²) in [6.45, 7) is 8.04. The molecule has 4 amide bonds. The minimum atomic E-state index is -1.46. The van der Waals surface area contributed by atoms with Gasteiger partial charge in [0.2, 0.25) is 5.91 Å². The van der Waals surface area contributed by atoms with E-state index in [-0.39, 0.29) is 25.6 Å². The number of carbonyl (C=O) groups is 4. The highest BCUT2D eigenvalue weighted by Crippen LogP contribution is 2.27. The van der Waals surface area contributed by atoms with Crippen molar-refractivity contribution in [3.05, 3.63) is 113 Å². The van der Waals surface area contributed by atoms with E-state index in [0.29, 0.717) is 17.0 Å². The number of imidazole rings is 1. The SMILES string of the molecule is CC(C)(C)OC(=O)NC(C)(C)C(=O)N[C@H](COCc1ccccc1)C(=O)Nc1cn(CC(C(=O)N=O)c2ccccc2)c(-c2ccccc2)n1. The van der Waals surface area contributed by atoms with Crippen LogP contribution in [0.15, 0.2) is 102 Å². The molecular weight excluding hydrogens is 640 g/mol. The van der Waals surface area contributed by atoms with E-state index in [1.165, 1.54) is 13.8 Å². The zero-order chi connectivity index (χ0) is 36.3. The zero-order valence-electron chi connectivity index (χ0n) is 28.7. The molecule has 1 aromatic heterocycles. The number of amides is 4. The zero-order valence-corrected chi connectivity index (χ0v) is 28.7. The van der Waals surface area contributed by atoms with Crippen molar-refractivity contribution in [1.82, 2.24) is 20.2 Å².